The number of hydrogen-bond donors (Lipinski definition) is 1. The van der Waals surface area contributed by atoms with E-state index in [1.54, 1.807) is 18.3 Å². The number of amidine groups is 1. The van der Waals surface area contributed by atoms with Gasteiger partial charge >= 0.3 is 0 Å². The zero-order valence-corrected chi connectivity index (χ0v) is 19.8. The molecule has 4 nitrogen and oxygen atoms in total. The van der Waals surface area contributed by atoms with Gasteiger partial charge in [-0.05, 0) is 53.8 Å². The van der Waals surface area contributed by atoms with Crippen molar-refractivity contribution >= 4 is 12.1 Å². The van der Waals surface area contributed by atoms with Crippen LogP contribution in [0.15, 0.2) is 101 Å². The number of allylic oxidation sites excluding steroid dienone is 2. The predicted molar refractivity (Wildman–Crippen MR) is 138 cm³/mol. The van der Waals surface area contributed by atoms with Crippen molar-refractivity contribution in [3.05, 3.63) is 113 Å². The molecular formula is C29H29FN4. The number of hydrogen-bond acceptors (Lipinski definition) is 4. The summed E-state index contributed by atoms with van der Waals surface area (Å²) < 4.78 is 14.5. The Morgan fingerprint density at radius 1 is 1.12 bits per heavy atom. The summed E-state index contributed by atoms with van der Waals surface area (Å²) in [4.78, 5) is 13.3. The van der Waals surface area contributed by atoms with E-state index in [2.05, 4.69) is 36.5 Å². The van der Waals surface area contributed by atoms with Crippen LogP contribution in [0.3, 0.4) is 0 Å². The minimum atomic E-state index is -0.777. The van der Waals surface area contributed by atoms with Crippen LogP contribution in [0.25, 0.3) is 11.1 Å². The highest BCUT2D eigenvalue weighted by molar-refractivity contribution is 6.02. The molecule has 1 aliphatic heterocycles. The molecule has 1 aromatic heterocycles. The van der Waals surface area contributed by atoms with Crippen molar-refractivity contribution in [1.29, 1.82) is 0 Å². The maximum Gasteiger partial charge on any atom is 0.220 e. The molecule has 0 bridgehead atoms. The molecule has 1 atom stereocenters. The number of rotatable bonds is 7. The molecule has 34 heavy (non-hydrogen) atoms. The minimum absolute atomic E-state index is 0.255. The number of nitrogens with zero attached hydrogens (tertiary/aromatic N) is 3. The van der Waals surface area contributed by atoms with E-state index in [-0.39, 0.29) is 5.92 Å². The van der Waals surface area contributed by atoms with Gasteiger partial charge in [0.25, 0.3) is 0 Å². The van der Waals surface area contributed by atoms with E-state index < -0.39 is 11.5 Å². The smallest absolute Gasteiger partial charge is 0.220 e. The van der Waals surface area contributed by atoms with Crippen molar-refractivity contribution in [2.24, 2.45) is 21.6 Å². The Morgan fingerprint density at radius 3 is 2.62 bits per heavy atom. The van der Waals surface area contributed by atoms with E-state index in [0.29, 0.717) is 17.8 Å². The summed E-state index contributed by atoms with van der Waals surface area (Å²) in [5.74, 6) is 0.237. The minimum Gasteiger partial charge on any atom is -0.383 e. The zero-order chi connectivity index (χ0) is 24.3. The number of pyridine rings is 1. The van der Waals surface area contributed by atoms with E-state index in [1.807, 2.05) is 55.5 Å². The quantitative estimate of drug-likeness (QED) is 0.255. The van der Waals surface area contributed by atoms with Crippen LogP contribution in [0.4, 0.5) is 4.39 Å². The lowest BCUT2D eigenvalue weighted by Crippen LogP contribution is -2.24. The lowest BCUT2D eigenvalue weighted by atomic mass is 9.77. The molecule has 2 N–H and O–H groups in total. The number of fused-ring (bicyclic) bond motifs is 1. The average Bonchev–Trinajstić information content (AvgIpc) is 3.11. The topological polar surface area (TPSA) is 63.6 Å². The van der Waals surface area contributed by atoms with Crippen molar-refractivity contribution in [2.45, 2.75) is 32.7 Å². The van der Waals surface area contributed by atoms with Gasteiger partial charge in [-0.3, -0.25) is 9.98 Å². The second-order valence-electron chi connectivity index (χ2n) is 8.77. The Morgan fingerprint density at radius 2 is 1.88 bits per heavy atom. The average molecular weight is 453 g/mol. The van der Waals surface area contributed by atoms with Crippen molar-refractivity contribution in [2.75, 3.05) is 0 Å². The number of aliphatic imine (C=N–C) groups is 2. The SMILES string of the molecule is C=C(/C=C(\N=CC)C(C)C)CC1(c2cccc(-c3cccnc3F)c2)N=C(N)c2ccccc21. The van der Waals surface area contributed by atoms with E-state index in [1.165, 1.54) is 6.20 Å². The normalized spacial score (nSPS) is 17.8. The van der Waals surface area contributed by atoms with Gasteiger partial charge in [-0.15, -0.1) is 0 Å². The molecule has 0 saturated heterocycles. The first-order valence-electron chi connectivity index (χ1n) is 11.4. The third kappa shape index (κ3) is 4.34. The Labute approximate surface area is 200 Å². The number of halogens is 1. The molecule has 172 valence electrons. The molecule has 1 aliphatic rings. The third-order valence-electron chi connectivity index (χ3n) is 6.07. The Kier molecular flexibility index (Phi) is 6.55. The molecule has 2 aromatic carbocycles. The molecule has 3 aromatic rings. The number of aromatic nitrogens is 1. The molecular weight excluding hydrogens is 423 g/mol. The van der Waals surface area contributed by atoms with Crippen LogP contribution in [0.5, 0.6) is 0 Å². The van der Waals surface area contributed by atoms with Gasteiger partial charge in [0.05, 0.1) is 0 Å². The fourth-order valence-electron chi connectivity index (χ4n) is 4.49. The van der Waals surface area contributed by atoms with Crippen LogP contribution in [-0.4, -0.2) is 17.0 Å². The monoisotopic (exact) mass is 452 g/mol. The zero-order valence-electron chi connectivity index (χ0n) is 19.8. The molecule has 0 amide bonds. The van der Waals surface area contributed by atoms with Gasteiger partial charge in [-0.1, -0.05) is 68.5 Å². The van der Waals surface area contributed by atoms with Crippen LogP contribution in [-0.2, 0) is 5.54 Å². The summed E-state index contributed by atoms with van der Waals surface area (Å²) >= 11 is 0. The van der Waals surface area contributed by atoms with Gasteiger partial charge in [0.15, 0.2) is 0 Å². The van der Waals surface area contributed by atoms with E-state index in [4.69, 9.17) is 10.7 Å². The third-order valence-corrected chi connectivity index (χ3v) is 6.07. The molecule has 5 heteroatoms. The fourth-order valence-corrected chi connectivity index (χ4v) is 4.49. The van der Waals surface area contributed by atoms with Gasteiger partial charge in [0.2, 0.25) is 5.95 Å². The Balaban J connectivity index is 1.87. The van der Waals surface area contributed by atoms with E-state index in [0.717, 1.165) is 33.5 Å². The summed E-state index contributed by atoms with van der Waals surface area (Å²) in [5, 5.41) is 0. The second kappa shape index (κ2) is 9.56. The standard InChI is InChI=1S/C29H29FN4/c1-5-32-26(19(2)3)16-20(4)18-29(25-14-7-6-12-24(25)28(31)34-29)22-11-8-10-21(17-22)23-13-9-15-33-27(23)30/h5-17,19H,4,18H2,1-3H3,(H2,31,34)/b26-16-,32-5?. The predicted octanol–water partition coefficient (Wildman–Crippen LogP) is 6.43. The highest BCUT2D eigenvalue weighted by Crippen LogP contribution is 2.46. The summed E-state index contributed by atoms with van der Waals surface area (Å²) in [6.07, 6.45) is 5.79. The molecule has 4 rings (SSSR count). The van der Waals surface area contributed by atoms with Crippen LogP contribution < -0.4 is 5.73 Å². The van der Waals surface area contributed by atoms with Gasteiger partial charge in [-0.25, -0.2) is 4.98 Å². The van der Waals surface area contributed by atoms with Gasteiger partial charge < -0.3 is 5.73 Å². The first kappa shape index (κ1) is 23.3. The van der Waals surface area contributed by atoms with Gasteiger partial charge in [0, 0.05) is 35.7 Å². The summed E-state index contributed by atoms with van der Waals surface area (Å²) in [7, 11) is 0. The maximum atomic E-state index is 14.5. The number of benzene rings is 2. The van der Waals surface area contributed by atoms with Gasteiger partial charge in [0.1, 0.15) is 11.4 Å². The molecule has 0 aliphatic carbocycles. The highest BCUT2D eigenvalue weighted by atomic mass is 19.1. The largest absolute Gasteiger partial charge is 0.383 e. The van der Waals surface area contributed by atoms with Crippen LogP contribution in [0.2, 0.25) is 0 Å². The molecule has 0 radical (unpaired) electrons. The van der Waals surface area contributed by atoms with Crippen molar-refractivity contribution in [1.82, 2.24) is 4.98 Å². The number of nitrogens with two attached hydrogens (primary N) is 1. The van der Waals surface area contributed by atoms with Crippen molar-refractivity contribution in [3.63, 3.8) is 0 Å². The fraction of sp³-hybridized carbons (Fsp3) is 0.207. The molecule has 1 unspecified atom stereocenters. The molecule has 0 spiro atoms. The molecule has 0 fully saturated rings. The summed E-state index contributed by atoms with van der Waals surface area (Å²) in [5.41, 5.74) is 11.5. The van der Waals surface area contributed by atoms with Crippen LogP contribution >= 0.6 is 0 Å². The Bertz CT molecular complexity index is 1320. The van der Waals surface area contributed by atoms with Gasteiger partial charge in [-0.2, -0.15) is 4.39 Å². The van der Waals surface area contributed by atoms with Crippen LogP contribution in [0.1, 0.15) is 43.9 Å². The lowest BCUT2D eigenvalue weighted by molar-refractivity contribution is 0.552. The van der Waals surface area contributed by atoms with Crippen molar-refractivity contribution in [3.8, 4) is 11.1 Å². The summed E-state index contributed by atoms with van der Waals surface area (Å²) in [6, 6.07) is 19.2. The first-order valence-corrected chi connectivity index (χ1v) is 11.4. The molecule has 2 heterocycles. The summed E-state index contributed by atoms with van der Waals surface area (Å²) in [6.45, 7) is 10.5. The lowest BCUT2D eigenvalue weighted by Gasteiger charge is -2.29. The Hall–Kier alpha value is -3.86. The second-order valence-corrected chi connectivity index (χ2v) is 8.77. The van der Waals surface area contributed by atoms with E-state index in [9.17, 15) is 4.39 Å². The van der Waals surface area contributed by atoms with Crippen LogP contribution in [0, 0.1) is 11.9 Å². The van der Waals surface area contributed by atoms with E-state index >= 15 is 0 Å². The molecule has 0 saturated carbocycles. The highest BCUT2D eigenvalue weighted by Gasteiger charge is 2.41. The maximum absolute atomic E-state index is 14.5. The van der Waals surface area contributed by atoms with Crippen molar-refractivity contribution < 1.29 is 4.39 Å². The first-order chi connectivity index (χ1) is 16.4.